The summed E-state index contributed by atoms with van der Waals surface area (Å²) in [4.78, 5) is 17.4. The van der Waals surface area contributed by atoms with Crippen LogP contribution in [0.3, 0.4) is 0 Å². The number of nitrogens with zero attached hydrogens (tertiary/aromatic N) is 1. The van der Waals surface area contributed by atoms with E-state index in [2.05, 4.69) is 19.7 Å². The van der Waals surface area contributed by atoms with E-state index in [1.165, 1.54) is 12.1 Å². The first kappa shape index (κ1) is 24.1. The third kappa shape index (κ3) is 3.98. The van der Waals surface area contributed by atoms with Crippen LogP contribution in [0.2, 0.25) is 0 Å². The molecule has 6 rings (SSSR count). The standard InChI is InChI=1S/C29H23FN2O5S/c1-3-17-11-12-21-24(13-17)31-29-27(21)28(33)23-16-26(36-4-2)22(15-25(23)32(29)19-8-6-9-19)18-7-5-10-20(14-18)37-38(30,34)35/h1,5,7,10-16,19,31H,4,6,8-9H2,2H3. The summed E-state index contributed by atoms with van der Waals surface area (Å²) >= 11 is 0. The lowest BCUT2D eigenvalue weighted by Gasteiger charge is -2.31. The fraction of sp³-hybridized carbons (Fsp3) is 0.207. The molecule has 38 heavy (non-hydrogen) atoms. The van der Waals surface area contributed by atoms with E-state index in [1.807, 2.05) is 31.2 Å². The summed E-state index contributed by atoms with van der Waals surface area (Å²) in [5, 5.41) is 1.91. The maximum Gasteiger partial charge on any atom is 0.488 e. The van der Waals surface area contributed by atoms with E-state index < -0.39 is 10.5 Å². The Bertz CT molecular complexity index is 1960. The molecule has 5 aromatic rings. The van der Waals surface area contributed by atoms with Gasteiger partial charge in [0.2, 0.25) is 0 Å². The van der Waals surface area contributed by atoms with Gasteiger partial charge in [0.15, 0.2) is 5.43 Å². The highest BCUT2D eigenvalue weighted by Gasteiger charge is 2.26. The Labute approximate surface area is 218 Å². The number of pyridine rings is 1. The average Bonchev–Trinajstić information content (AvgIpc) is 3.23. The van der Waals surface area contributed by atoms with Crippen LogP contribution in [-0.2, 0) is 10.5 Å². The van der Waals surface area contributed by atoms with Gasteiger partial charge in [-0.25, -0.2) is 0 Å². The van der Waals surface area contributed by atoms with E-state index in [4.69, 9.17) is 11.2 Å². The van der Waals surface area contributed by atoms with E-state index in [0.29, 0.717) is 34.3 Å². The number of aromatic nitrogens is 2. The summed E-state index contributed by atoms with van der Waals surface area (Å²) < 4.78 is 47.9. The molecule has 9 heteroatoms. The van der Waals surface area contributed by atoms with Gasteiger partial charge in [-0.05, 0) is 68.1 Å². The van der Waals surface area contributed by atoms with Gasteiger partial charge in [0.1, 0.15) is 17.1 Å². The summed E-state index contributed by atoms with van der Waals surface area (Å²) in [6.07, 6.45) is 8.64. The SMILES string of the molecule is C#Cc1ccc2c(c1)[nH]c1c2c(=O)c2cc(OCC)c(-c3cccc(OS(=O)(=O)F)c3)cc2n1C1CCC1. The second-order valence-electron chi connectivity index (χ2n) is 9.34. The number of ether oxygens (including phenoxy) is 1. The Balaban J connectivity index is 1.69. The van der Waals surface area contributed by atoms with Crippen molar-refractivity contribution in [3.05, 3.63) is 70.4 Å². The molecule has 0 aliphatic heterocycles. The molecule has 0 unspecified atom stereocenters. The fourth-order valence-corrected chi connectivity index (χ4v) is 5.58. The van der Waals surface area contributed by atoms with Crippen LogP contribution in [0.15, 0.2) is 59.4 Å². The number of aromatic amines is 1. The van der Waals surface area contributed by atoms with Gasteiger partial charge >= 0.3 is 10.5 Å². The highest BCUT2D eigenvalue weighted by molar-refractivity contribution is 7.81. The Kier molecular flexibility index (Phi) is 5.65. The number of hydrogen-bond donors (Lipinski definition) is 1. The van der Waals surface area contributed by atoms with Gasteiger partial charge in [-0.2, -0.15) is 8.42 Å². The van der Waals surface area contributed by atoms with Gasteiger partial charge in [0, 0.05) is 28.1 Å². The Morgan fingerprint density at radius 3 is 2.63 bits per heavy atom. The second-order valence-corrected chi connectivity index (χ2v) is 10.3. The van der Waals surface area contributed by atoms with E-state index in [-0.39, 0.29) is 17.2 Å². The largest absolute Gasteiger partial charge is 0.493 e. The molecule has 0 radical (unpaired) electrons. The van der Waals surface area contributed by atoms with E-state index in [0.717, 1.165) is 46.9 Å². The number of terminal acetylenes is 1. The molecular weight excluding hydrogens is 507 g/mol. The molecule has 3 aromatic carbocycles. The number of benzene rings is 3. The molecule has 2 aromatic heterocycles. The molecule has 0 amide bonds. The molecule has 7 nitrogen and oxygen atoms in total. The molecule has 192 valence electrons. The van der Waals surface area contributed by atoms with Crippen LogP contribution < -0.4 is 14.3 Å². The van der Waals surface area contributed by atoms with Crippen molar-refractivity contribution in [2.45, 2.75) is 32.2 Å². The number of halogens is 1. The van der Waals surface area contributed by atoms with Gasteiger partial charge < -0.3 is 18.5 Å². The van der Waals surface area contributed by atoms with E-state index in [9.17, 15) is 17.1 Å². The minimum absolute atomic E-state index is 0.126. The third-order valence-electron chi connectivity index (χ3n) is 7.10. The van der Waals surface area contributed by atoms with Crippen LogP contribution in [0, 0.1) is 12.3 Å². The summed E-state index contributed by atoms with van der Waals surface area (Å²) in [5.41, 5.74) is 4.01. The molecule has 0 spiro atoms. The van der Waals surface area contributed by atoms with Crippen LogP contribution >= 0.6 is 0 Å². The normalized spacial score (nSPS) is 14.0. The Hall–Kier alpha value is -4.29. The minimum atomic E-state index is -5.19. The summed E-state index contributed by atoms with van der Waals surface area (Å²) in [5.74, 6) is 2.93. The highest BCUT2D eigenvalue weighted by atomic mass is 32.3. The zero-order valence-electron chi connectivity index (χ0n) is 20.5. The summed E-state index contributed by atoms with van der Waals surface area (Å²) in [6, 6.07) is 15.5. The van der Waals surface area contributed by atoms with Crippen molar-refractivity contribution < 1.29 is 21.2 Å². The van der Waals surface area contributed by atoms with Crippen molar-refractivity contribution in [1.29, 1.82) is 0 Å². The van der Waals surface area contributed by atoms with E-state index in [1.54, 1.807) is 18.2 Å². The van der Waals surface area contributed by atoms with Crippen LogP contribution in [0.5, 0.6) is 11.5 Å². The van der Waals surface area contributed by atoms with Crippen LogP contribution in [0.4, 0.5) is 3.89 Å². The fourth-order valence-electron chi connectivity index (χ4n) is 5.24. The number of H-pyrrole nitrogens is 1. The van der Waals surface area contributed by atoms with Crippen LogP contribution in [-0.4, -0.2) is 24.6 Å². The van der Waals surface area contributed by atoms with Crippen molar-refractivity contribution in [2.75, 3.05) is 6.61 Å². The second kappa shape index (κ2) is 8.92. The third-order valence-corrected chi connectivity index (χ3v) is 7.49. The van der Waals surface area contributed by atoms with Gasteiger partial charge in [-0.3, -0.25) is 4.79 Å². The Morgan fingerprint density at radius 2 is 1.95 bits per heavy atom. The monoisotopic (exact) mass is 530 g/mol. The predicted octanol–water partition coefficient (Wildman–Crippen LogP) is 6.00. The molecule has 0 bridgehead atoms. The molecule has 1 aliphatic carbocycles. The zero-order chi connectivity index (χ0) is 26.6. The maximum absolute atomic E-state index is 14.0. The lowest BCUT2D eigenvalue weighted by molar-refractivity contribution is 0.326. The molecule has 2 heterocycles. The molecule has 1 aliphatic rings. The van der Waals surface area contributed by atoms with Gasteiger partial charge in [0.05, 0.1) is 22.9 Å². The smallest absolute Gasteiger partial charge is 0.488 e. The number of fused-ring (bicyclic) bond motifs is 4. The van der Waals surface area contributed by atoms with Crippen molar-refractivity contribution in [2.24, 2.45) is 0 Å². The van der Waals surface area contributed by atoms with Crippen molar-refractivity contribution >= 4 is 43.3 Å². The van der Waals surface area contributed by atoms with Crippen LogP contribution in [0.1, 0.15) is 37.8 Å². The first-order valence-corrected chi connectivity index (χ1v) is 13.6. The van der Waals surface area contributed by atoms with Crippen molar-refractivity contribution in [3.63, 3.8) is 0 Å². The lowest BCUT2D eigenvalue weighted by Crippen LogP contribution is -2.21. The van der Waals surface area contributed by atoms with Crippen LogP contribution in [0.25, 0.3) is 44.0 Å². The van der Waals surface area contributed by atoms with Gasteiger partial charge in [0.25, 0.3) is 0 Å². The first-order chi connectivity index (χ1) is 18.3. The molecule has 0 atom stereocenters. The quantitative estimate of drug-likeness (QED) is 0.215. The minimum Gasteiger partial charge on any atom is -0.493 e. The van der Waals surface area contributed by atoms with E-state index >= 15 is 0 Å². The predicted molar refractivity (Wildman–Crippen MR) is 146 cm³/mol. The number of hydrogen-bond acceptors (Lipinski definition) is 5. The molecule has 1 N–H and O–H groups in total. The molecular formula is C29H23FN2O5S. The molecule has 0 saturated heterocycles. The Morgan fingerprint density at radius 1 is 1.13 bits per heavy atom. The van der Waals surface area contributed by atoms with Crippen molar-refractivity contribution in [1.82, 2.24) is 9.55 Å². The summed E-state index contributed by atoms with van der Waals surface area (Å²) in [7, 11) is -5.19. The summed E-state index contributed by atoms with van der Waals surface area (Å²) in [6.45, 7) is 2.18. The first-order valence-electron chi connectivity index (χ1n) is 12.3. The maximum atomic E-state index is 14.0. The van der Waals surface area contributed by atoms with Crippen molar-refractivity contribution in [3.8, 4) is 35.0 Å². The average molecular weight is 531 g/mol. The molecule has 1 saturated carbocycles. The zero-order valence-corrected chi connectivity index (χ0v) is 21.3. The number of nitrogens with one attached hydrogen (secondary N) is 1. The topological polar surface area (TPSA) is 90.4 Å². The lowest BCUT2D eigenvalue weighted by atomic mass is 9.91. The highest BCUT2D eigenvalue weighted by Crippen LogP contribution is 2.41. The van der Waals surface area contributed by atoms with Gasteiger partial charge in [-0.15, -0.1) is 6.42 Å². The number of rotatable bonds is 6. The molecule has 1 fully saturated rings. The van der Waals surface area contributed by atoms with Gasteiger partial charge in [-0.1, -0.05) is 28.0 Å².